The van der Waals surface area contributed by atoms with E-state index in [4.69, 9.17) is 18.9 Å². The molecule has 10 heteroatoms. The topological polar surface area (TPSA) is 137 Å². The van der Waals surface area contributed by atoms with E-state index in [1.807, 2.05) is 0 Å². The molecule has 0 spiro atoms. The number of aliphatic carboxylic acids is 1. The molecule has 286 valence electrons. The number of alkyl carbamates (subject to hydrolysis) is 1. The van der Waals surface area contributed by atoms with Crippen LogP contribution in [0.15, 0.2) is 0 Å². The molecule has 0 bridgehead atoms. The van der Waals surface area contributed by atoms with E-state index in [-0.39, 0.29) is 19.4 Å². The molecule has 0 radical (unpaired) electrons. The van der Waals surface area contributed by atoms with E-state index in [1.165, 1.54) is 89.9 Å². The van der Waals surface area contributed by atoms with Gasteiger partial charge in [0.1, 0.15) is 11.7 Å². The maximum Gasteiger partial charge on any atom is 0.407 e. The van der Waals surface area contributed by atoms with Crippen LogP contribution < -0.4 is 5.32 Å². The fraction of sp³-hybridized carbons (Fsp3) is 0.897. The normalized spacial score (nSPS) is 19.0. The summed E-state index contributed by atoms with van der Waals surface area (Å²) >= 11 is 0. The van der Waals surface area contributed by atoms with Crippen molar-refractivity contribution in [3.63, 3.8) is 0 Å². The molecular formula is C39H71NO9. The predicted octanol–water partition coefficient (Wildman–Crippen LogP) is 9.59. The number of carbonyl (C=O) groups excluding carboxylic acids is 3. The summed E-state index contributed by atoms with van der Waals surface area (Å²) in [7, 11) is 0. The number of esters is 2. The number of amides is 1. The molecular weight excluding hydrogens is 626 g/mol. The summed E-state index contributed by atoms with van der Waals surface area (Å²) in [6.07, 6.45) is 19.7. The minimum Gasteiger partial charge on any atom is -0.479 e. The number of carbonyl (C=O) groups is 4. The molecule has 0 aromatic heterocycles. The number of unbranched alkanes of at least 4 members (excludes halogenated alkanes) is 20. The third-order valence-corrected chi connectivity index (χ3v) is 8.90. The highest BCUT2D eigenvalue weighted by atomic mass is 16.6. The molecule has 0 saturated carbocycles. The van der Waals surface area contributed by atoms with Crippen molar-refractivity contribution in [3.8, 4) is 0 Å². The molecule has 1 saturated heterocycles. The van der Waals surface area contributed by atoms with Gasteiger partial charge in [-0.25, -0.2) is 9.59 Å². The lowest BCUT2D eigenvalue weighted by molar-refractivity contribution is -0.170. The van der Waals surface area contributed by atoms with Gasteiger partial charge in [0.25, 0.3) is 0 Å². The van der Waals surface area contributed by atoms with Crippen LogP contribution in [0.5, 0.6) is 0 Å². The first kappa shape index (κ1) is 44.7. The van der Waals surface area contributed by atoms with Gasteiger partial charge in [0.05, 0.1) is 6.54 Å². The predicted molar refractivity (Wildman–Crippen MR) is 192 cm³/mol. The number of hydrogen-bond acceptors (Lipinski definition) is 8. The summed E-state index contributed by atoms with van der Waals surface area (Å²) in [4.78, 5) is 50.3. The smallest absolute Gasteiger partial charge is 0.407 e. The quantitative estimate of drug-likeness (QED) is 0.0445. The lowest BCUT2D eigenvalue weighted by atomic mass is 10.0. The van der Waals surface area contributed by atoms with Gasteiger partial charge in [-0.15, -0.1) is 0 Å². The molecule has 0 aliphatic carbocycles. The summed E-state index contributed by atoms with van der Waals surface area (Å²) in [6, 6.07) is 0. The summed E-state index contributed by atoms with van der Waals surface area (Å²) in [6.45, 7) is 9.44. The van der Waals surface area contributed by atoms with Crippen LogP contribution in [-0.2, 0) is 33.3 Å². The second-order valence-corrected chi connectivity index (χ2v) is 14.8. The van der Waals surface area contributed by atoms with Gasteiger partial charge in [-0.3, -0.25) is 9.59 Å². The van der Waals surface area contributed by atoms with Gasteiger partial charge in [0.2, 0.25) is 0 Å². The van der Waals surface area contributed by atoms with Crippen LogP contribution in [0.4, 0.5) is 4.79 Å². The Hall–Kier alpha value is -2.36. The maximum atomic E-state index is 12.9. The van der Waals surface area contributed by atoms with E-state index in [0.29, 0.717) is 12.8 Å². The van der Waals surface area contributed by atoms with Crippen LogP contribution in [0, 0.1) is 0 Å². The van der Waals surface area contributed by atoms with Crippen LogP contribution in [0.2, 0.25) is 0 Å². The van der Waals surface area contributed by atoms with Gasteiger partial charge in [0, 0.05) is 12.8 Å². The van der Waals surface area contributed by atoms with E-state index in [9.17, 15) is 24.3 Å². The number of carboxylic acids is 1. The first-order valence-corrected chi connectivity index (χ1v) is 19.7. The van der Waals surface area contributed by atoms with Crippen LogP contribution in [0.25, 0.3) is 0 Å². The van der Waals surface area contributed by atoms with Crippen molar-refractivity contribution in [2.75, 3.05) is 6.54 Å². The average molecular weight is 698 g/mol. The Bertz CT molecular complexity index is 903. The molecule has 1 rings (SSSR count). The highest BCUT2D eigenvalue weighted by molar-refractivity contribution is 5.76. The van der Waals surface area contributed by atoms with Crippen molar-refractivity contribution < 1.29 is 43.2 Å². The van der Waals surface area contributed by atoms with Gasteiger partial charge in [-0.05, 0) is 33.6 Å². The molecule has 0 aromatic carbocycles. The fourth-order valence-electron chi connectivity index (χ4n) is 6.15. The molecule has 1 heterocycles. The van der Waals surface area contributed by atoms with Crippen molar-refractivity contribution in [1.82, 2.24) is 5.32 Å². The van der Waals surface area contributed by atoms with Gasteiger partial charge in [-0.2, -0.15) is 0 Å². The number of rotatable bonds is 29. The van der Waals surface area contributed by atoms with Gasteiger partial charge in [-0.1, -0.05) is 142 Å². The second-order valence-electron chi connectivity index (χ2n) is 14.8. The van der Waals surface area contributed by atoms with E-state index in [1.54, 1.807) is 20.8 Å². The molecule has 4 atom stereocenters. The van der Waals surface area contributed by atoms with E-state index < -0.39 is 54.0 Å². The number of hydrogen-bond donors (Lipinski definition) is 2. The minimum absolute atomic E-state index is 0.139. The molecule has 2 N–H and O–H groups in total. The maximum absolute atomic E-state index is 12.9. The Morgan fingerprint density at radius 3 is 1.33 bits per heavy atom. The van der Waals surface area contributed by atoms with E-state index in [2.05, 4.69) is 19.2 Å². The standard InChI is InChI=1S/C39H71NO9/c1-6-8-10-12-14-16-18-20-22-24-26-28-32(41)47-34-31(30-40-38(45)49-39(3,4)5)46-36(37(43)44)35(34)48-33(42)29-27-25-23-21-19-17-15-13-11-9-7-2/h31,34-36H,6-30H2,1-5H3,(H,40,45)(H,43,44)/t31-,34-,35+,36-/m1/s1. The zero-order valence-electron chi connectivity index (χ0n) is 31.7. The Morgan fingerprint density at radius 1 is 0.592 bits per heavy atom. The van der Waals surface area contributed by atoms with Gasteiger partial charge >= 0.3 is 24.0 Å². The third kappa shape index (κ3) is 22.9. The van der Waals surface area contributed by atoms with Crippen LogP contribution in [-0.4, -0.2) is 65.7 Å². The van der Waals surface area contributed by atoms with Crippen LogP contribution in [0.1, 0.15) is 189 Å². The summed E-state index contributed by atoms with van der Waals surface area (Å²) in [5, 5.41) is 12.5. The Morgan fingerprint density at radius 2 is 0.959 bits per heavy atom. The minimum atomic E-state index is -1.54. The first-order valence-electron chi connectivity index (χ1n) is 19.7. The SMILES string of the molecule is CCCCCCCCCCCCCC(=O)O[C@H]1[C@H](OC(=O)CCCCCCCCCCCCC)[C@H](C(=O)O)O[C@@H]1CNC(=O)OC(C)(C)C. The largest absolute Gasteiger partial charge is 0.479 e. The zero-order chi connectivity index (χ0) is 36.3. The fourth-order valence-corrected chi connectivity index (χ4v) is 6.15. The number of ether oxygens (including phenoxy) is 4. The lowest BCUT2D eigenvalue weighted by Gasteiger charge is -2.25. The Labute approximate surface area is 297 Å². The van der Waals surface area contributed by atoms with Crippen molar-refractivity contribution >= 4 is 24.0 Å². The van der Waals surface area contributed by atoms with E-state index in [0.717, 1.165) is 38.5 Å². The number of carboxylic acid groups (broad SMARTS) is 1. The molecule has 1 aliphatic rings. The Kier molecular flexibility index (Phi) is 25.0. The number of nitrogens with one attached hydrogen (secondary N) is 1. The van der Waals surface area contributed by atoms with E-state index >= 15 is 0 Å². The first-order chi connectivity index (χ1) is 23.5. The summed E-state index contributed by atoms with van der Waals surface area (Å²) in [5.74, 6) is -2.40. The second kappa shape index (κ2) is 27.4. The average Bonchev–Trinajstić information content (AvgIpc) is 3.37. The molecule has 0 aromatic rings. The van der Waals surface area contributed by atoms with Crippen molar-refractivity contribution in [1.29, 1.82) is 0 Å². The van der Waals surface area contributed by atoms with Gasteiger partial charge in [0.15, 0.2) is 18.3 Å². The monoisotopic (exact) mass is 698 g/mol. The van der Waals surface area contributed by atoms with Crippen molar-refractivity contribution in [2.45, 2.75) is 219 Å². The molecule has 10 nitrogen and oxygen atoms in total. The van der Waals surface area contributed by atoms with Crippen molar-refractivity contribution in [3.05, 3.63) is 0 Å². The zero-order valence-corrected chi connectivity index (χ0v) is 31.7. The lowest BCUT2D eigenvalue weighted by Crippen LogP contribution is -2.45. The Balaban J connectivity index is 2.63. The third-order valence-electron chi connectivity index (χ3n) is 8.90. The van der Waals surface area contributed by atoms with Crippen molar-refractivity contribution in [2.24, 2.45) is 0 Å². The highest BCUT2D eigenvalue weighted by Crippen LogP contribution is 2.29. The molecule has 49 heavy (non-hydrogen) atoms. The summed E-state index contributed by atoms with van der Waals surface area (Å²) in [5.41, 5.74) is -0.739. The molecule has 1 aliphatic heterocycles. The van der Waals surface area contributed by atoms with Crippen LogP contribution >= 0.6 is 0 Å². The molecule has 1 amide bonds. The van der Waals surface area contributed by atoms with Crippen LogP contribution in [0.3, 0.4) is 0 Å². The molecule has 0 unspecified atom stereocenters. The molecule has 1 fully saturated rings. The van der Waals surface area contributed by atoms with Gasteiger partial charge < -0.3 is 29.4 Å². The summed E-state index contributed by atoms with van der Waals surface area (Å²) < 4.78 is 22.4. The highest BCUT2D eigenvalue weighted by Gasteiger charge is 2.52.